The Morgan fingerprint density at radius 3 is 1.39 bits per heavy atom. The van der Waals surface area contributed by atoms with Crippen molar-refractivity contribution >= 4 is 88.4 Å². The molecule has 14 nitrogen and oxygen atoms in total. The third-order valence-corrected chi connectivity index (χ3v) is 14.8. The van der Waals surface area contributed by atoms with E-state index in [1.165, 1.54) is 34.1 Å². The van der Waals surface area contributed by atoms with Gasteiger partial charge < -0.3 is 19.6 Å². The maximum Gasteiger partial charge on any atom is 0.242 e. The fourth-order valence-corrected chi connectivity index (χ4v) is 11.3. The van der Waals surface area contributed by atoms with E-state index in [4.69, 9.17) is 23.2 Å². The molecule has 0 radical (unpaired) electrons. The summed E-state index contributed by atoms with van der Waals surface area (Å²) in [5.74, 6) is -1.50. The highest BCUT2D eigenvalue weighted by Gasteiger charge is 2.48. The molecule has 8 rings (SSSR count). The van der Waals surface area contributed by atoms with Gasteiger partial charge in [-0.3, -0.25) is 19.2 Å². The zero-order valence-electron chi connectivity index (χ0n) is 30.6. The molecule has 57 heavy (non-hydrogen) atoms. The van der Waals surface area contributed by atoms with E-state index in [2.05, 4.69) is 9.44 Å². The van der Waals surface area contributed by atoms with E-state index >= 15 is 0 Å². The number of halogens is 2. The van der Waals surface area contributed by atoms with Crippen LogP contribution in [-0.2, 0) is 39.2 Å². The predicted molar refractivity (Wildman–Crippen MR) is 213 cm³/mol. The number of nitrogens with one attached hydrogen (secondary N) is 2. The molecule has 2 N–H and O–H groups in total. The maximum absolute atomic E-state index is 13.5. The number of rotatable bonds is 10. The number of benzene rings is 4. The van der Waals surface area contributed by atoms with E-state index in [0.717, 1.165) is 10.8 Å². The van der Waals surface area contributed by atoms with Crippen molar-refractivity contribution in [3.05, 3.63) is 82.8 Å². The molecule has 4 saturated heterocycles. The van der Waals surface area contributed by atoms with Crippen LogP contribution >= 0.6 is 23.2 Å². The molecule has 4 aromatic carbocycles. The first-order valence-corrected chi connectivity index (χ1v) is 22.5. The molecular formula is C39H40Cl2N6O8S2. The third-order valence-electron chi connectivity index (χ3n) is 11.4. The predicted octanol–water partition coefficient (Wildman–Crippen LogP) is 3.35. The molecule has 4 aliphatic heterocycles. The number of hydrogen-bond donors (Lipinski definition) is 2. The van der Waals surface area contributed by atoms with Crippen LogP contribution in [0.3, 0.4) is 0 Å². The van der Waals surface area contributed by atoms with Gasteiger partial charge in [0.1, 0.15) is 12.1 Å². The smallest absolute Gasteiger partial charge is 0.242 e. The van der Waals surface area contributed by atoms with Gasteiger partial charge in [-0.05, 0) is 102 Å². The van der Waals surface area contributed by atoms with Crippen molar-refractivity contribution in [3.63, 3.8) is 0 Å². The molecule has 4 aliphatic rings. The van der Waals surface area contributed by atoms with Crippen LogP contribution in [0.2, 0.25) is 10.0 Å². The van der Waals surface area contributed by atoms with Crippen molar-refractivity contribution in [2.45, 2.75) is 66.1 Å². The van der Waals surface area contributed by atoms with Gasteiger partial charge in [-0.25, -0.2) is 16.8 Å². The van der Waals surface area contributed by atoms with Gasteiger partial charge in [0.25, 0.3) is 0 Å². The topological polar surface area (TPSA) is 174 Å². The largest absolute Gasteiger partial charge is 0.334 e. The average Bonchev–Trinajstić information content (AvgIpc) is 3.79. The quantitative estimate of drug-likeness (QED) is 0.245. The van der Waals surface area contributed by atoms with Gasteiger partial charge in [0.15, 0.2) is 0 Å². The first-order chi connectivity index (χ1) is 27.1. The van der Waals surface area contributed by atoms with E-state index < -0.39 is 43.9 Å². The zero-order chi connectivity index (χ0) is 40.2. The van der Waals surface area contributed by atoms with Crippen molar-refractivity contribution in [1.29, 1.82) is 0 Å². The summed E-state index contributed by atoms with van der Waals surface area (Å²) < 4.78 is 58.3. The van der Waals surface area contributed by atoms with Gasteiger partial charge in [0.05, 0.1) is 35.0 Å². The summed E-state index contributed by atoms with van der Waals surface area (Å²) in [6.07, 6.45) is 2.16. The third kappa shape index (κ3) is 8.08. The van der Waals surface area contributed by atoms with Crippen LogP contribution in [0.25, 0.3) is 21.5 Å². The maximum atomic E-state index is 13.5. The molecule has 4 heterocycles. The first-order valence-electron chi connectivity index (χ1n) is 18.7. The normalized spacial score (nSPS) is 22.9. The summed E-state index contributed by atoms with van der Waals surface area (Å²) in [5, 5.41) is 3.99. The molecular weight excluding hydrogens is 816 g/mol. The van der Waals surface area contributed by atoms with Crippen molar-refractivity contribution in [2.75, 3.05) is 39.3 Å². The Bertz CT molecular complexity index is 2370. The lowest BCUT2D eigenvalue weighted by Gasteiger charge is -2.38. The highest BCUT2D eigenvalue weighted by Crippen LogP contribution is 2.32. The number of carbonyl (C=O) groups is 4. The van der Waals surface area contributed by atoms with Gasteiger partial charge in [-0.2, -0.15) is 9.44 Å². The van der Waals surface area contributed by atoms with Crippen LogP contribution in [0.4, 0.5) is 0 Å². The van der Waals surface area contributed by atoms with Crippen molar-refractivity contribution in [1.82, 2.24) is 29.0 Å². The van der Waals surface area contributed by atoms with Gasteiger partial charge in [0, 0.05) is 36.2 Å². The monoisotopic (exact) mass is 854 g/mol. The minimum Gasteiger partial charge on any atom is -0.334 e. The molecule has 0 aliphatic carbocycles. The number of amides is 4. The summed E-state index contributed by atoms with van der Waals surface area (Å²) in [6, 6.07) is 17.0. The number of piperidine rings is 2. The summed E-state index contributed by atoms with van der Waals surface area (Å²) in [5.41, 5.74) is 0. The molecule has 300 valence electrons. The fraction of sp³-hybridized carbons (Fsp3) is 0.385. The fourth-order valence-electron chi connectivity index (χ4n) is 8.43. The first kappa shape index (κ1) is 39.5. The van der Waals surface area contributed by atoms with E-state index in [1.807, 2.05) is 0 Å². The Morgan fingerprint density at radius 2 is 0.982 bits per heavy atom. The number of likely N-dealkylation sites (tertiary alicyclic amines) is 4. The molecule has 0 saturated carbocycles. The Hall–Kier alpha value is -4.32. The highest BCUT2D eigenvalue weighted by molar-refractivity contribution is 7.89. The second-order valence-electron chi connectivity index (χ2n) is 15.1. The zero-order valence-corrected chi connectivity index (χ0v) is 33.8. The molecule has 0 spiro atoms. The average molecular weight is 856 g/mol. The van der Waals surface area contributed by atoms with Crippen molar-refractivity contribution in [3.8, 4) is 0 Å². The summed E-state index contributed by atoms with van der Waals surface area (Å²) in [7, 11) is -8.10. The molecule has 4 aromatic rings. The van der Waals surface area contributed by atoms with Crippen LogP contribution in [-0.4, -0.2) is 123 Å². The second-order valence-corrected chi connectivity index (χ2v) is 19.4. The Labute approximate surface area is 340 Å². The van der Waals surface area contributed by atoms with Gasteiger partial charge in [-0.1, -0.05) is 47.5 Å². The molecule has 2 bridgehead atoms. The molecule has 0 aromatic heterocycles. The van der Waals surface area contributed by atoms with Crippen LogP contribution in [0, 0.1) is 0 Å². The molecule has 4 amide bonds. The molecule has 4 fully saturated rings. The number of fused-ring (bicyclic) bond motifs is 4. The summed E-state index contributed by atoms with van der Waals surface area (Å²) >= 11 is 12.1. The van der Waals surface area contributed by atoms with Crippen LogP contribution < -0.4 is 9.44 Å². The lowest BCUT2D eigenvalue weighted by molar-refractivity contribution is -0.147. The Morgan fingerprint density at radius 1 is 0.596 bits per heavy atom. The van der Waals surface area contributed by atoms with Gasteiger partial charge in [0.2, 0.25) is 43.7 Å². The van der Waals surface area contributed by atoms with Crippen LogP contribution in [0.15, 0.2) is 82.6 Å². The minimum absolute atomic E-state index is 0.0169. The molecule has 1 unspecified atom stereocenters. The second kappa shape index (κ2) is 15.5. The number of nitrogens with zero attached hydrogens (tertiary/aromatic N) is 4. The van der Waals surface area contributed by atoms with E-state index in [0.29, 0.717) is 66.0 Å². The van der Waals surface area contributed by atoms with Crippen molar-refractivity contribution < 1.29 is 36.0 Å². The van der Waals surface area contributed by atoms with E-state index in [1.54, 1.807) is 58.3 Å². The minimum atomic E-state index is -4.05. The summed E-state index contributed by atoms with van der Waals surface area (Å²) in [6.45, 7) is 0.745. The lowest BCUT2D eigenvalue weighted by Crippen LogP contribution is -2.58. The van der Waals surface area contributed by atoms with Gasteiger partial charge in [-0.15, -0.1) is 0 Å². The van der Waals surface area contributed by atoms with Crippen LogP contribution in [0.5, 0.6) is 0 Å². The highest BCUT2D eigenvalue weighted by atomic mass is 35.5. The summed E-state index contributed by atoms with van der Waals surface area (Å²) in [4.78, 5) is 60.2. The standard InChI is InChI=1S/C39H40Cl2N6O8S2/c40-28-9-5-26-17-32(11-7-24(26)15-28)56(52,53)42-34-3-1-13-44(38(34)50)22-36(48)46-20-31-19-30(46)21-47(31)37(49)23-45-14-2-4-35(39(45)51)43-57(54,55)33-12-8-25-16-29(41)10-6-27(25)18-33/h5-12,15-18,30-31,34-35,42-43H,1-4,13-14,19-23H2/t30-,31?,34+,35+/m1/s1. The Balaban J connectivity index is 0.837. The number of piperazine rings is 1. The Kier molecular flexibility index (Phi) is 10.7. The van der Waals surface area contributed by atoms with E-state index in [-0.39, 0.29) is 59.9 Å². The van der Waals surface area contributed by atoms with Crippen molar-refractivity contribution in [2.24, 2.45) is 0 Å². The van der Waals surface area contributed by atoms with Gasteiger partial charge >= 0.3 is 0 Å². The SMILES string of the molecule is O=C1[C@@H](NS(=O)(=O)c2ccc3cc(Cl)ccc3c2)CCCN1CC(=O)N1C[C@H]2CC1CN2C(=O)CN1CCC[C@H](NS(=O)(=O)c2ccc3cc(Cl)ccc3c2)C1=O. The number of carbonyl (C=O) groups excluding carboxylic acids is 4. The molecule has 4 atom stereocenters. The van der Waals surface area contributed by atoms with Crippen LogP contribution in [0.1, 0.15) is 32.1 Å². The lowest BCUT2D eigenvalue weighted by atomic mass is 10.1. The number of sulfonamides is 2. The number of hydrogen-bond acceptors (Lipinski definition) is 8. The molecule has 18 heteroatoms. The van der Waals surface area contributed by atoms with E-state index in [9.17, 15) is 36.0 Å².